The Morgan fingerprint density at radius 3 is 2.68 bits per heavy atom. The van der Waals surface area contributed by atoms with Crippen LogP contribution in [-0.2, 0) is 13.5 Å². The molecule has 8 nitrogen and oxygen atoms in total. The van der Waals surface area contributed by atoms with Gasteiger partial charge in [0.25, 0.3) is 5.91 Å². The molecule has 28 heavy (non-hydrogen) atoms. The third kappa shape index (κ3) is 3.44. The normalized spacial score (nSPS) is 10.9. The molecule has 4 aromatic heterocycles. The highest BCUT2D eigenvalue weighted by Gasteiger charge is 2.18. The summed E-state index contributed by atoms with van der Waals surface area (Å²) in [6.07, 6.45) is 11.3. The number of pyridine rings is 2. The van der Waals surface area contributed by atoms with Crippen LogP contribution in [0.1, 0.15) is 15.9 Å². The van der Waals surface area contributed by atoms with E-state index in [1.165, 1.54) is 0 Å². The molecule has 0 saturated carbocycles. The van der Waals surface area contributed by atoms with Gasteiger partial charge in [-0.1, -0.05) is 0 Å². The Hall–Kier alpha value is -3.68. The molecular formula is C20H20N6O2. The van der Waals surface area contributed by atoms with E-state index in [0.717, 1.165) is 23.1 Å². The first-order valence-corrected chi connectivity index (χ1v) is 8.87. The van der Waals surface area contributed by atoms with Gasteiger partial charge in [-0.25, -0.2) is 4.52 Å². The van der Waals surface area contributed by atoms with E-state index in [1.807, 2.05) is 37.6 Å². The molecule has 8 heteroatoms. The molecular weight excluding hydrogens is 356 g/mol. The summed E-state index contributed by atoms with van der Waals surface area (Å²) in [5.41, 5.74) is 4.08. The summed E-state index contributed by atoms with van der Waals surface area (Å²) >= 11 is 0. The number of methoxy groups -OCH3 is 1. The van der Waals surface area contributed by atoms with Crippen LogP contribution in [-0.4, -0.2) is 43.9 Å². The highest BCUT2D eigenvalue weighted by Crippen LogP contribution is 2.29. The maximum absolute atomic E-state index is 12.7. The van der Waals surface area contributed by atoms with Crippen LogP contribution in [0.3, 0.4) is 0 Å². The number of amides is 1. The molecule has 0 atom stereocenters. The number of hydrogen-bond donors (Lipinski definition) is 1. The summed E-state index contributed by atoms with van der Waals surface area (Å²) < 4.78 is 8.94. The summed E-state index contributed by atoms with van der Waals surface area (Å²) in [5, 5.41) is 11.5. The fourth-order valence-corrected chi connectivity index (χ4v) is 3.10. The Morgan fingerprint density at radius 1 is 1.14 bits per heavy atom. The van der Waals surface area contributed by atoms with Crippen LogP contribution >= 0.6 is 0 Å². The summed E-state index contributed by atoms with van der Waals surface area (Å²) in [6.45, 7) is 0.524. The third-order valence-electron chi connectivity index (χ3n) is 4.53. The number of carbonyl (C=O) groups excluding carboxylic acids is 1. The largest absolute Gasteiger partial charge is 0.494 e. The molecule has 1 N–H and O–H groups in total. The van der Waals surface area contributed by atoms with Gasteiger partial charge in [0.1, 0.15) is 11.3 Å². The zero-order valence-electron chi connectivity index (χ0n) is 15.7. The molecule has 0 aliphatic rings. The topological polar surface area (TPSA) is 86.3 Å². The highest BCUT2D eigenvalue weighted by atomic mass is 16.5. The maximum Gasteiger partial charge on any atom is 0.255 e. The quantitative estimate of drug-likeness (QED) is 0.557. The van der Waals surface area contributed by atoms with Crippen LogP contribution in [0.5, 0.6) is 5.75 Å². The van der Waals surface area contributed by atoms with E-state index < -0.39 is 0 Å². The Kier molecular flexibility index (Phi) is 4.76. The van der Waals surface area contributed by atoms with Crippen LogP contribution in [0, 0.1) is 0 Å². The molecule has 0 radical (unpaired) electrons. The van der Waals surface area contributed by atoms with Crippen molar-refractivity contribution in [3.63, 3.8) is 0 Å². The van der Waals surface area contributed by atoms with Crippen molar-refractivity contribution in [3.8, 4) is 16.9 Å². The van der Waals surface area contributed by atoms with Gasteiger partial charge >= 0.3 is 0 Å². The van der Waals surface area contributed by atoms with Gasteiger partial charge in [-0.05, 0) is 30.2 Å². The van der Waals surface area contributed by atoms with Gasteiger partial charge in [-0.2, -0.15) is 10.2 Å². The number of nitrogens with one attached hydrogen (secondary N) is 1. The summed E-state index contributed by atoms with van der Waals surface area (Å²) in [5.74, 6) is 0.398. The van der Waals surface area contributed by atoms with E-state index >= 15 is 0 Å². The molecule has 1 amide bonds. The van der Waals surface area contributed by atoms with Gasteiger partial charge in [-0.15, -0.1) is 0 Å². The number of rotatable bonds is 6. The molecule has 0 aromatic carbocycles. The summed E-state index contributed by atoms with van der Waals surface area (Å²) in [4.78, 5) is 16.7. The molecule has 0 fully saturated rings. The van der Waals surface area contributed by atoms with Crippen molar-refractivity contribution in [2.24, 2.45) is 7.05 Å². The smallest absolute Gasteiger partial charge is 0.255 e. The van der Waals surface area contributed by atoms with Crippen LogP contribution in [0.25, 0.3) is 16.6 Å². The van der Waals surface area contributed by atoms with Crippen molar-refractivity contribution < 1.29 is 9.53 Å². The lowest BCUT2D eigenvalue weighted by molar-refractivity contribution is 0.0955. The lowest BCUT2D eigenvalue weighted by Crippen LogP contribution is -2.25. The predicted molar refractivity (Wildman–Crippen MR) is 104 cm³/mol. The maximum atomic E-state index is 12.7. The number of hydrogen-bond acceptors (Lipinski definition) is 5. The van der Waals surface area contributed by atoms with Gasteiger partial charge in [0.15, 0.2) is 0 Å². The van der Waals surface area contributed by atoms with Gasteiger partial charge in [-0.3, -0.25) is 14.5 Å². The van der Waals surface area contributed by atoms with E-state index in [0.29, 0.717) is 23.4 Å². The molecule has 0 bridgehead atoms. The van der Waals surface area contributed by atoms with E-state index in [9.17, 15) is 4.79 Å². The van der Waals surface area contributed by atoms with Gasteiger partial charge in [0.2, 0.25) is 0 Å². The van der Waals surface area contributed by atoms with Gasteiger partial charge < -0.3 is 10.1 Å². The fourth-order valence-electron chi connectivity index (χ4n) is 3.10. The van der Waals surface area contributed by atoms with Crippen molar-refractivity contribution >= 4 is 11.4 Å². The van der Waals surface area contributed by atoms with E-state index in [2.05, 4.69) is 20.5 Å². The van der Waals surface area contributed by atoms with Crippen LogP contribution in [0.4, 0.5) is 0 Å². The number of aryl methyl sites for hydroxylation is 1. The lowest BCUT2D eigenvalue weighted by Gasteiger charge is -2.09. The highest BCUT2D eigenvalue weighted by molar-refractivity contribution is 6.02. The monoisotopic (exact) mass is 376 g/mol. The van der Waals surface area contributed by atoms with Crippen molar-refractivity contribution in [2.75, 3.05) is 13.7 Å². The van der Waals surface area contributed by atoms with Crippen molar-refractivity contribution in [1.29, 1.82) is 0 Å². The second kappa shape index (κ2) is 7.51. The number of nitrogens with zero attached hydrogens (tertiary/aromatic N) is 5. The minimum Gasteiger partial charge on any atom is -0.494 e. The second-order valence-electron chi connectivity index (χ2n) is 6.41. The van der Waals surface area contributed by atoms with E-state index in [4.69, 9.17) is 4.74 Å². The molecule has 0 aliphatic carbocycles. The molecule has 142 valence electrons. The lowest BCUT2D eigenvalue weighted by atomic mass is 10.1. The first-order valence-electron chi connectivity index (χ1n) is 8.87. The molecule has 0 aliphatic heterocycles. The molecule has 0 saturated heterocycles. The average Bonchev–Trinajstić information content (AvgIpc) is 3.34. The Bertz CT molecular complexity index is 1120. The zero-order valence-corrected chi connectivity index (χ0v) is 15.7. The molecule has 4 rings (SSSR count). The van der Waals surface area contributed by atoms with E-state index in [-0.39, 0.29) is 5.91 Å². The van der Waals surface area contributed by atoms with Gasteiger partial charge in [0, 0.05) is 49.5 Å². The number of fused-ring (bicyclic) bond motifs is 1. The number of aromatic nitrogens is 5. The Balaban J connectivity index is 1.58. The Morgan fingerprint density at radius 2 is 1.96 bits per heavy atom. The first kappa shape index (κ1) is 17.7. The van der Waals surface area contributed by atoms with Crippen LogP contribution in [0.2, 0.25) is 0 Å². The van der Waals surface area contributed by atoms with Crippen LogP contribution < -0.4 is 10.1 Å². The van der Waals surface area contributed by atoms with Crippen LogP contribution in [0.15, 0.2) is 55.4 Å². The first-order chi connectivity index (χ1) is 13.7. The van der Waals surface area contributed by atoms with E-state index in [1.54, 1.807) is 41.1 Å². The number of carbonyl (C=O) groups is 1. The van der Waals surface area contributed by atoms with Gasteiger partial charge in [0.05, 0.1) is 25.1 Å². The second-order valence-corrected chi connectivity index (χ2v) is 6.41. The van der Waals surface area contributed by atoms with Crippen molar-refractivity contribution in [3.05, 3.63) is 66.5 Å². The molecule has 0 unspecified atom stereocenters. The zero-order chi connectivity index (χ0) is 19.5. The summed E-state index contributed by atoms with van der Waals surface area (Å²) in [6, 6.07) is 5.76. The summed E-state index contributed by atoms with van der Waals surface area (Å²) in [7, 11) is 3.45. The molecule has 4 heterocycles. The minimum atomic E-state index is -0.184. The predicted octanol–water partition coefficient (Wildman–Crippen LogP) is 2.11. The number of ether oxygens (including phenoxy) is 1. The Labute approximate surface area is 161 Å². The molecule has 4 aromatic rings. The van der Waals surface area contributed by atoms with Crippen molar-refractivity contribution in [2.45, 2.75) is 6.42 Å². The molecule has 0 spiro atoms. The average molecular weight is 376 g/mol. The standard InChI is InChI=1S/C20H20N6O2/c1-25-12-16(10-23-25)15-9-18(28-2)19-17(11-24-26(19)13-15)20(27)22-8-5-14-3-6-21-7-4-14/h3-4,6-7,9-13H,5,8H2,1-2H3,(H,22,27). The van der Waals surface area contributed by atoms with Crippen molar-refractivity contribution in [1.82, 2.24) is 29.7 Å². The minimum absolute atomic E-state index is 0.184. The fraction of sp³-hybridized carbons (Fsp3) is 0.200. The SMILES string of the molecule is COc1cc(-c2cnn(C)c2)cn2ncc(C(=O)NCCc3ccncc3)c12. The third-order valence-corrected chi connectivity index (χ3v) is 4.53.